The van der Waals surface area contributed by atoms with Gasteiger partial charge in [0.1, 0.15) is 17.8 Å². The molecule has 3 rings (SSSR count). The number of nitrogens with one attached hydrogen (secondary N) is 1. The van der Waals surface area contributed by atoms with Gasteiger partial charge in [-0.25, -0.2) is 9.78 Å². The van der Waals surface area contributed by atoms with Crippen LogP contribution in [-0.2, 0) is 28.4 Å². The number of hydrogen-bond donors (Lipinski definition) is 3. The predicted octanol–water partition coefficient (Wildman–Crippen LogP) is 1.53. The van der Waals surface area contributed by atoms with Crippen LogP contribution in [0, 0.1) is 5.92 Å². The minimum absolute atomic E-state index is 0.0572. The van der Waals surface area contributed by atoms with Crippen molar-refractivity contribution in [2.45, 2.75) is 63.7 Å². The number of methoxy groups -OCH3 is 1. The minimum atomic E-state index is -1.39. The van der Waals surface area contributed by atoms with E-state index in [1.165, 1.54) is 13.0 Å². The van der Waals surface area contributed by atoms with E-state index in [2.05, 4.69) is 15.0 Å². The SMILES string of the molecule is COC(=O)[C@@H]1OB([C@@H](CC(=O)[C@@H](NC(=O)c2cccc(-c3ccccc3)n2)[C@@H](C)O)CC(C)C)OC(=O)[C@H]1N. The smallest absolute Gasteiger partial charge is 0.508 e. The lowest BCUT2D eigenvalue weighted by Crippen LogP contribution is -2.58. The molecule has 0 saturated carbocycles. The second kappa shape index (κ2) is 13.5. The zero-order chi connectivity index (χ0) is 28.7. The van der Waals surface area contributed by atoms with Crippen molar-refractivity contribution in [1.29, 1.82) is 0 Å². The van der Waals surface area contributed by atoms with E-state index in [0.29, 0.717) is 12.1 Å². The number of hydrogen-bond acceptors (Lipinski definition) is 10. The van der Waals surface area contributed by atoms with Crippen LogP contribution in [0.4, 0.5) is 0 Å². The number of benzene rings is 1. The minimum Gasteiger partial charge on any atom is -0.508 e. The maximum Gasteiger partial charge on any atom is 0.531 e. The highest BCUT2D eigenvalue weighted by Gasteiger charge is 2.49. The van der Waals surface area contributed by atoms with Crippen LogP contribution in [0.25, 0.3) is 11.3 Å². The molecule has 1 aliphatic rings. The number of rotatable bonds is 11. The largest absolute Gasteiger partial charge is 0.531 e. The van der Waals surface area contributed by atoms with Gasteiger partial charge in [0.15, 0.2) is 11.9 Å². The molecule has 4 N–H and O–H groups in total. The number of aromatic nitrogens is 1. The van der Waals surface area contributed by atoms with Gasteiger partial charge in [0.05, 0.1) is 18.9 Å². The first-order valence-electron chi connectivity index (χ1n) is 12.7. The first-order chi connectivity index (χ1) is 18.5. The monoisotopic (exact) mass is 539 g/mol. The van der Waals surface area contributed by atoms with E-state index >= 15 is 0 Å². The molecular weight excluding hydrogens is 505 g/mol. The van der Waals surface area contributed by atoms with Gasteiger partial charge in [0.25, 0.3) is 5.91 Å². The average Bonchev–Trinajstić information content (AvgIpc) is 2.92. The number of esters is 1. The zero-order valence-electron chi connectivity index (χ0n) is 22.4. The summed E-state index contributed by atoms with van der Waals surface area (Å²) >= 11 is 0. The molecule has 2 heterocycles. The third kappa shape index (κ3) is 7.72. The highest BCUT2D eigenvalue weighted by molar-refractivity contribution is 6.50. The van der Waals surface area contributed by atoms with Crippen molar-refractivity contribution >= 4 is 30.7 Å². The number of nitrogens with two attached hydrogens (primary N) is 1. The van der Waals surface area contributed by atoms with Gasteiger partial charge >= 0.3 is 19.1 Å². The Morgan fingerprint density at radius 1 is 1.13 bits per heavy atom. The van der Waals surface area contributed by atoms with Crippen molar-refractivity contribution in [3.8, 4) is 11.3 Å². The van der Waals surface area contributed by atoms with Gasteiger partial charge in [-0.15, -0.1) is 0 Å². The molecule has 208 valence electrons. The fourth-order valence-corrected chi connectivity index (χ4v) is 4.40. The molecule has 2 aromatic rings. The fourth-order valence-electron chi connectivity index (χ4n) is 4.40. The number of pyridine rings is 1. The summed E-state index contributed by atoms with van der Waals surface area (Å²) in [5.41, 5.74) is 7.23. The molecule has 39 heavy (non-hydrogen) atoms. The summed E-state index contributed by atoms with van der Waals surface area (Å²) in [7, 11) is -0.106. The Morgan fingerprint density at radius 3 is 2.44 bits per heavy atom. The number of aliphatic hydroxyl groups excluding tert-OH is 1. The molecule has 11 nitrogen and oxygen atoms in total. The van der Waals surface area contributed by atoms with Gasteiger partial charge in [-0.3, -0.25) is 14.4 Å². The van der Waals surface area contributed by atoms with Gasteiger partial charge in [-0.05, 0) is 31.4 Å². The van der Waals surface area contributed by atoms with E-state index in [1.807, 2.05) is 44.2 Å². The Bertz CT molecular complexity index is 1180. The Hall–Kier alpha value is -3.61. The molecule has 1 aliphatic heterocycles. The van der Waals surface area contributed by atoms with Crippen molar-refractivity contribution in [2.75, 3.05) is 7.11 Å². The highest BCUT2D eigenvalue weighted by Crippen LogP contribution is 2.31. The van der Waals surface area contributed by atoms with Crippen LogP contribution < -0.4 is 11.1 Å². The summed E-state index contributed by atoms with van der Waals surface area (Å²) < 4.78 is 15.7. The van der Waals surface area contributed by atoms with Crippen LogP contribution in [-0.4, -0.2) is 72.2 Å². The molecule has 5 atom stereocenters. The first-order valence-corrected chi connectivity index (χ1v) is 12.7. The van der Waals surface area contributed by atoms with E-state index in [-0.39, 0.29) is 18.0 Å². The predicted molar refractivity (Wildman–Crippen MR) is 142 cm³/mol. The van der Waals surface area contributed by atoms with Gasteiger partial charge in [-0.2, -0.15) is 0 Å². The summed E-state index contributed by atoms with van der Waals surface area (Å²) in [4.78, 5) is 55.3. The number of amides is 1. The lowest BCUT2D eigenvalue weighted by Gasteiger charge is -2.34. The summed E-state index contributed by atoms with van der Waals surface area (Å²) in [5, 5.41) is 13.0. The summed E-state index contributed by atoms with van der Waals surface area (Å²) in [6.45, 7) is 5.20. The van der Waals surface area contributed by atoms with E-state index in [4.69, 9.17) is 15.0 Å². The lowest BCUT2D eigenvalue weighted by molar-refractivity contribution is -0.162. The summed E-state index contributed by atoms with van der Waals surface area (Å²) in [5.74, 6) is -3.46. The van der Waals surface area contributed by atoms with Crippen LogP contribution >= 0.6 is 0 Å². The third-order valence-corrected chi connectivity index (χ3v) is 6.33. The topological polar surface area (TPSA) is 167 Å². The van der Waals surface area contributed by atoms with Crippen molar-refractivity contribution < 1.29 is 38.3 Å². The zero-order valence-corrected chi connectivity index (χ0v) is 22.4. The van der Waals surface area contributed by atoms with Crippen LogP contribution in [0.15, 0.2) is 48.5 Å². The Balaban J connectivity index is 1.77. The van der Waals surface area contributed by atoms with Crippen molar-refractivity contribution in [1.82, 2.24) is 10.3 Å². The molecule has 1 amide bonds. The highest BCUT2D eigenvalue weighted by atomic mass is 16.7. The van der Waals surface area contributed by atoms with Crippen LogP contribution in [0.2, 0.25) is 5.82 Å². The van der Waals surface area contributed by atoms with Crippen LogP contribution in [0.3, 0.4) is 0 Å². The normalized spacial score (nSPS) is 19.6. The Labute approximate surface area is 227 Å². The first kappa shape index (κ1) is 29.9. The number of ether oxygens (including phenoxy) is 1. The number of carbonyl (C=O) groups is 4. The van der Waals surface area contributed by atoms with E-state index in [1.54, 1.807) is 12.1 Å². The second-order valence-corrected chi connectivity index (χ2v) is 9.94. The van der Waals surface area contributed by atoms with Gasteiger partial charge in [-0.1, -0.05) is 50.2 Å². The summed E-state index contributed by atoms with van der Waals surface area (Å²) in [6.07, 6.45) is -2.45. The molecule has 1 aromatic carbocycles. The van der Waals surface area contributed by atoms with Crippen LogP contribution in [0.5, 0.6) is 0 Å². The van der Waals surface area contributed by atoms with E-state index in [0.717, 1.165) is 12.7 Å². The maximum absolute atomic E-state index is 13.4. The van der Waals surface area contributed by atoms with Crippen molar-refractivity contribution in [3.63, 3.8) is 0 Å². The molecule has 0 aliphatic carbocycles. The molecule has 0 spiro atoms. The number of Topliss-reactive ketones (excluding diaryl/α,β-unsaturated/α-hetero) is 1. The van der Waals surface area contributed by atoms with Gasteiger partial charge in [0.2, 0.25) is 0 Å². The van der Waals surface area contributed by atoms with E-state index in [9.17, 15) is 24.3 Å². The van der Waals surface area contributed by atoms with Gasteiger partial charge in [0, 0.05) is 17.8 Å². The number of nitrogens with zero attached hydrogens (tertiary/aromatic N) is 1. The third-order valence-electron chi connectivity index (χ3n) is 6.33. The molecule has 1 saturated heterocycles. The maximum atomic E-state index is 13.4. The molecule has 1 aromatic heterocycles. The lowest BCUT2D eigenvalue weighted by atomic mass is 9.64. The fraction of sp³-hybridized carbons (Fsp3) is 0.444. The van der Waals surface area contributed by atoms with Crippen molar-refractivity contribution in [2.24, 2.45) is 11.7 Å². The van der Waals surface area contributed by atoms with Crippen LogP contribution in [0.1, 0.15) is 44.1 Å². The van der Waals surface area contributed by atoms with E-state index < -0.39 is 60.9 Å². The molecule has 0 bridgehead atoms. The molecule has 0 unspecified atom stereocenters. The van der Waals surface area contributed by atoms with Crippen molar-refractivity contribution in [3.05, 3.63) is 54.2 Å². The number of carbonyl (C=O) groups excluding carboxylic acids is 4. The molecule has 12 heteroatoms. The van der Waals surface area contributed by atoms with Gasteiger partial charge < -0.3 is 30.2 Å². The molecule has 1 fully saturated rings. The summed E-state index contributed by atoms with van der Waals surface area (Å²) in [6, 6.07) is 11.6. The number of aliphatic hydroxyl groups is 1. The Morgan fingerprint density at radius 2 is 1.82 bits per heavy atom. The standard InChI is InChI=1S/C27H34BN3O8/c1-15(2)13-18(28-38-24(27(36)37-4)22(29)26(35)39-28)14-21(33)23(16(3)32)31-25(34)20-12-8-11-19(30-20)17-9-6-5-7-10-17/h5-12,15-16,18,22-24,32H,13-14,29H2,1-4H3,(H,31,34)/t16-,18-,22+,23+,24-/m1/s1. The second-order valence-electron chi connectivity index (χ2n) is 9.94. The molecule has 0 radical (unpaired) electrons. The molecular formula is C27H34BN3O8. The quantitative estimate of drug-likeness (QED) is 0.281. The number of ketones is 1. The Kier molecular flexibility index (Phi) is 10.3. The average molecular weight is 539 g/mol.